The second-order valence-electron chi connectivity index (χ2n) is 7.44. The van der Waals surface area contributed by atoms with Crippen molar-refractivity contribution in [1.82, 2.24) is 4.98 Å². The molecule has 0 amide bonds. The van der Waals surface area contributed by atoms with Gasteiger partial charge in [-0.1, -0.05) is 0 Å². The number of thiophene rings is 1. The van der Waals surface area contributed by atoms with E-state index < -0.39 is 0 Å². The fraction of sp³-hybridized carbons (Fsp3) is 0.320. The van der Waals surface area contributed by atoms with Crippen molar-refractivity contribution in [2.45, 2.75) is 39.5 Å². The normalized spacial score (nSPS) is 13.2. The van der Waals surface area contributed by atoms with E-state index in [1.807, 2.05) is 43.5 Å². The number of esters is 1. The topological polar surface area (TPSA) is 84.2 Å². The highest BCUT2D eigenvalue weighted by molar-refractivity contribution is 7.16. The molecule has 170 valence electrons. The fourth-order valence-electron chi connectivity index (χ4n) is 3.78. The van der Waals surface area contributed by atoms with Crippen molar-refractivity contribution in [3.63, 3.8) is 0 Å². The van der Waals surface area contributed by atoms with Gasteiger partial charge in [0.25, 0.3) is 0 Å². The van der Waals surface area contributed by atoms with Crippen LogP contribution in [0, 0.1) is 11.3 Å². The van der Waals surface area contributed by atoms with Crippen LogP contribution < -0.4 is 10.1 Å². The molecular formula is C25H25N3O3S2. The molecule has 2 heterocycles. The number of rotatable bonds is 8. The average Bonchev–Trinajstić information content (AvgIpc) is 3.45. The summed E-state index contributed by atoms with van der Waals surface area (Å²) in [5, 5.41) is 16.3. The van der Waals surface area contributed by atoms with Gasteiger partial charge in [0.15, 0.2) is 0 Å². The molecule has 6 nitrogen and oxygen atoms in total. The van der Waals surface area contributed by atoms with Gasteiger partial charge in [0.1, 0.15) is 27.4 Å². The highest BCUT2D eigenvalue weighted by Gasteiger charge is 2.26. The van der Waals surface area contributed by atoms with Gasteiger partial charge in [-0.15, -0.1) is 22.7 Å². The van der Waals surface area contributed by atoms with E-state index in [-0.39, 0.29) is 5.97 Å². The highest BCUT2D eigenvalue weighted by atomic mass is 32.1. The Morgan fingerprint density at radius 2 is 2.00 bits per heavy atom. The average molecular weight is 480 g/mol. The summed E-state index contributed by atoms with van der Waals surface area (Å²) in [7, 11) is 0. The van der Waals surface area contributed by atoms with E-state index in [0.717, 1.165) is 53.3 Å². The Morgan fingerprint density at radius 1 is 1.21 bits per heavy atom. The van der Waals surface area contributed by atoms with Crippen LogP contribution in [0.25, 0.3) is 16.8 Å². The van der Waals surface area contributed by atoms with Crippen LogP contribution >= 0.6 is 22.7 Å². The van der Waals surface area contributed by atoms with Crippen LogP contribution in [0.5, 0.6) is 5.75 Å². The molecule has 3 aromatic rings. The smallest absolute Gasteiger partial charge is 0.341 e. The summed E-state index contributed by atoms with van der Waals surface area (Å²) in [6.07, 6.45) is 5.69. The Kier molecular flexibility index (Phi) is 7.43. The van der Waals surface area contributed by atoms with E-state index in [1.165, 1.54) is 16.2 Å². The third kappa shape index (κ3) is 5.10. The lowest BCUT2D eigenvalue weighted by Crippen LogP contribution is -2.10. The Labute approximate surface area is 201 Å². The van der Waals surface area contributed by atoms with Gasteiger partial charge in [-0.25, -0.2) is 9.78 Å². The molecule has 1 N–H and O–H groups in total. The summed E-state index contributed by atoms with van der Waals surface area (Å²) in [5.74, 6) is 0.507. The van der Waals surface area contributed by atoms with Gasteiger partial charge in [-0.2, -0.15) is 5.26 Å². The molecule has 0 aliphatic heterocycles. The Morgan fingerprint density at radius 3 is 2.73 bits per heavy atom. The predicted molar refractivity (Wildman–Crippen MR) is 133 cm³/mol. The second-order valence-corrected chi connectivity index (χ2v) is 9.41. The van der Waals surface area contributed by atoms with Crippen LogP contribution in [0.4, 0.5) is 5.00 Å². The van der Waals surface area contributed by atoms with Crippen LogP contribution in [0.3, 0.4) is 0 Å². The van der Waals surface area contributed by atoms with Crippen molar-refractivity contribution in [3.8, 4) is 23.1 Å². The van der Waals surface area contributed by atoms with Gasteiger partial charge in [-0.05, 0) is 69.4 Å². The first kappa shape index (κ1) is 23.0. The van der Waals surface area contributed by atoms with Crippen molar-refractivity contribution >= 4 is 39.2 Å². The Balaban J connectivity index is 1.58. The Bertz CT molecular complexity index is 1200. The lowest BCUT2D eigenvalue weighted by Gasteiger charge is -2.12. The highest BCUT2D eigenvalue weighted by Crippen LogP contribution is 2.39. The largest absolute Gasteiger partial charge is 0.494 e. The quantitative estimate of drug-likeness (QED) is 0.301. The molecule has 2 aromatic heterocycles. The lowest BCUT2D eigenvalue weighted by atomic mass is 9.95. The number of thiazole rings is 1. The molecule has 8 heteroatoms. The number of fused-ring (bicyclic) bond motifs is 1. The molecule has 0 unspecified atom stereocenters. The zero-order valence-electron chi connectivity index (χ0n) is 18.6. The van der Waals surface area contributed by atoms with Gasteiger partial charge in [-0.3, -0.25) is 0 Å². The number of aryl methyl sites for hydroxylation is 1. The number of nitrogens with zero attached hydrogens (tertiary/aromatic N) is 2. The maximum Gasteiger partial charge on any atom is 0.341 e. The molecule has 0 bridgehead atoms. The zero-order valence-corrected chi connectivity index (χ0v) is 20.3. The summed E-state index contributed by atoms with van der Waals surface area (Å²) in [4.78, 5) is 18.5. The zero-order chi connectivity index (χ0) is 23.2. The molecule has 0 fully saturated rings. The summed E-state index contributed by atoms with van der Waals surface area (Å²) in [6.45, 7) is 4.71. The SMILES string of the molecule is CCOC(=O)c1c(NC=C(C#N)c2nc(-c3ccc(OCC)cc3)cs2)sc2c1CCCC2. The summed E-state index contributed by atoms with van der Waals surface area (Å²) in [6, 6.07) is 9.97. The number of allylic oxidation sites excluding steroid dienone is 1. The van der Waals surface area contributed by atoms with Crippen LogP contribution in [-0.4, -0.2) is 24.2 Å². The Hall–Kier alpha value is -3.15. The van der Waals surface area contributed by atoms with Crippen molar-refractivity contribution in [2.75, 3.05) is 18.5 Å². The van der Waals surface area contributed by atoms with Crippen molar-refractivity contribution < 1.29 is 14.3 Å². The predicted octanol–water partition coefficient (Wildman–Crippen LogP) is 6.30. The number of ether oxygens (including phenoxy) is 2. The van der Waals surface area contributed by atoms with Crippen molar-refractivity contribution in [2.24, 2.45) is 0 Å². The minimum Gasteiger partial charge on any atom is -0.494 e. The van der Waals surface area contributed by atoms with E-state index in [2.05, 4.69) is 16.4 Å². The number of hydrogen-bond donors (Lipinski definition) is 1. The number of benzene rings is 1. The second kappa shape index (κ2) is 10.6. The van der Waals surface area contributed by atoms with Crippen LogP contribution in [-0.2, 0) is 17.6 Å². The van der Waals surface area contributed by atoms with Crippen molar-refractivity contribution in [3.05, 3.63) is 56.9 Å². The molecular weight excluding hydrogens is 454 g/mol. The number of carbonyl (C=O) groups excluding carboxylic acids is 1. The maximum atomic E-state index is 12.6. The first-order valence-electron chi connectivity index (χ1n) is 11.0. The standard InChI is InChI=1S/C25H25N3O3S2/c1-3-30-18-11-9-16(10-12-18)20-15-32-23(28-20)17(13-26)14-27-24-22(25(29)31-4-2)19-7-5-6-8-21(19)33-24/h9-12,14-15,27H,3-8H2,1-2H3. The molecule has 0 radical (unpaired) electrons. The number of carbonyl (C=O) groups is 1. The number of nitrogens with one attached hydrogen (secondary N) is 1. The van der Waals surface area contributed by atoms with Crippen LogP contribution in [0.1, 0.15) is 52.5 Å². The molecule has 1 aliphatic carbocycles. The number of anilines is 1. The maximum absolute atomic E-state index is 12.6. The third-order valence-corrected chi connectivity index (χ3v) is 7.41. The van der Waals surface area contributed by atoms with Crippen LogP contribution in [0.2, 0.25) is 0 Å². The van der Waals surface area contributed by atoms with Gasteiger partial charge in [0.05, 0.1) is 24.5 Å². The van der Waals surface area contributed by atoms with E-state index in [0.29, 0.717) is 29.4 Å². The molecule has 0 spiro atoms. The van der Waals surface area contributed by atoms with Crippen LogP contribution in [0.15, 0.2) is 35.8 Å². The van der Waals surface area contributed by atoms with Gasteiger partial charge in [0.2, 0.25) is 0 Å². The number of hydrogen-bond acceptors (Lipinski definition) is 8. The molecule has 0 saturated carbocycles. The number of aromatic nitrogens is 1. The first-order valence-corrected chi connectivity index (χ1v) is 12.7. The third-order valence-electron chi connectivity index (χ3n) is 5.31. The molecule has 0 saturated heterocycles. The fourth-order valence-corrected chi connectivity index (χ4v) is 5.83. The minimum atomic E-state index is -0.307. The van der Waals surface area contributed by atoms with E-state index in [4.69, 9.17) is 9.47 Å². The monoisotopic (exact) mass is 479 g/mol. The number of nitriles is 1. The molecule has 0 atom stereocenters. The molecule has 33 heavy (non-hydrogen) atoms. The first-order chi connectivity index (χ1) is 16.1. The minimum absolute atomic E-state index is 0.307. The summed E-state index contributed by atoms with van der Waals surface area (Å²) in [5.41, 5.74) is 3.88. The summed E-state index contributed by atoms with van der Waals surface area (Å²) < 4.78 is 10.8. The van der Waals surface area contributed by atoms with Gasteiger partial charge < -0.3 is 14.8 Å². The van der Waals surface area contributed by atoms with Gasteiger partial charge in [0, 0.05) is 22.0 Å². The molecule has 1 aromatic carbocycles. The van der Waals surface area contributed by atoms with E-state index >= 15 is 0 Å². The molecule has 4 rings (SSSR count). The van der Waals surface area contributed by atoms with Gasteiger partial charge >= 0.3 is 5.97 Å². The summed E-state index contributed by atoms with van der Waals surface area (Å²) >= 11 is 2.99. The van der Waals surface area contributed by atoms with Crippen molar-refractivity contribution in [1.29, 1.82) is 5.26 Å². The van der Waals surface area contributed by atoms with E-state index in [9.17, 15) is 10.1 Å². The van der Waals surface area contributed by atoms with E-state index in [1.54, 1.807) is 17.5 Å². The lowest BCUT2D eigenvalue weighted by molar-refractivity contribution is 0.0526. The molecule has 1 aliphatic rings.